The summed E-state index contributed by atoms with van der Waals surface area (Å²) >= 11 is 1.70. The third-order valence-electron chi connectivity index (χ3n) is 5.92. The molecular formula is C25H27N3O2S. The molecule has 0 spiro atoms. The molecule has 0 unspecified atom stereocenters. The van der Waals surface area contributed by atoms with Gasteiger partial charge in [0.05, 0.1) is 11.8 Å². The summed E-state index contributed by atoms with van der Waals surface area (Å²) in [5.74, 6) is 0.0561. The fraction of sp³-hybridized carbons (Fsp3) is 0.320. The Labute approximate surface area is 187 Å². The van der Waals surface area contributed by atoms with Crippen LogP contribution in [-0.2, 0) is 22.4 Å². The molecule has 4 rings (SSSR count). The first-order valence-electron chi connectivity index (χ1n) is 10.7. The lowest BCUT2D eigenvalue weighted by molar-refractivity contribution is -0.132. The minimum absolute atomic E-state index is 0.0245. The lowest BCUT2D eigenvalue weighted by Crippen LogP contribution is -2.45. The first kappa shape index (κ1) is 21.2. The van der Waals surface area contributed by atoms with E-state index in [0.717, 1.165) is 11.3 Å². The van der Waals surface area contributed by atoms with Crippen molar-refractivity contribution in [1.82, 2.24) is 15.2 Å². The van der Waals surface area contributed by atoms with Crippen LogP contribution < -0.4 is 5.32 Å². The number of amides is 2. The average molecular weight is 434 g/mol. The molecule has 1 aromatic carbocycles. The van der Waals surface area contributed by atoms with E-state index < -0.39 is 5.41 Å². The van der Waals surface area contributed by atoms with Gasteiger partial charge >= 0.3 is 0 Å². The van der Waals surface area contributed by atoms with Gasteiger partial charge in [0.15, 0.2) is 0 Å². The number of aromatic nitrogens is 1. The first-order chi connectivity index (χ1) is 15.1. The van der Waals surface area contributed by atoms with Gasteiger partial charge in [-0.25, -0.2) is 0 Å². The Balaban J connectivity index is 1.58. The number of nitrogens with zero attached hydrogens (tertiary/aromatic N) is 2. The summed E-state index contributed by atoms with van der Waals surface area (Å²) in [5, 5.41) is 5.09. The monoisotopic (exact) mass is 433 g/mol. The molecule has 1 aliphatic heterocycles. The minimum Gasteiger partial charge on any atom is -0.356 e. The molecular weight excluding hydrogens is 406 g/mol. The van der Waals surface area contributed by atoms with Crippen molar-refractivity contribution in [2.75, 3.05) is 19.6 Å². The van der Waals surface area contributed by atoms with Crippen molar-refractivity contribution in [2.24, 2.45) is 5.41 Å². The van der Waals surface area contributed by atoms with Gasteiger partial charge in [0, 0.05) is 36.4 Å². The normalized spacial score (nSPS) is 18.2. The van der Waals surface area contributed by atoms with E-state index in [4.69, 9.17) is 0 Å². The maximum Gasteiger partial charge on any atom is 0.228 e. The summed E-state index contributed by atoms with van der Waals surface area (Å²) in [6.07, 6.45) is 3.23. The predicted octanol–water partition coefficient (Wildman–Crippen LogP) is 3.95. The lowest BCUT2D eigenvalue weighted by atomic mass is 9.78. The topological polar surface area (TPSA) is 62.3 Å². The molecule has 1 atom stereocenters. The number of nitrogens with one attached hydrogen (secondary N) is 1. The Morgan fingerprint density at radius 3 is 2.71 bits per heavy atom. The van der Waals surface area contributed by atoms with Gasteiger partial charge in [-0.3, -0.25) is 14.6 Å². The highest BCUT2D eigenvalue weighted by atomic mass is 32.1. The van der Waals surface area contributed by atoms with Gasteiger partial charge in [-0.15, -0.1) is 11.3 Å². The number of hydrogen-bond acceptors (Lipinski definition) is 4. The van der Waals surface area contributed by atoms with Crippen molar-refractivity contribution in [3.8, 4) is 10.4 Å². The summed E-state index contributed by atoms with van der Waals surface area (Å²) in [6.45, 7) is 3.53. The second-order valence-electron chi connectivity index (χ2n) is 8.01. The first-order valence-corrected chi connectivity index (χ1v) is 11.6. The standard InChI is InChI=1S/C25H27N3O2S/c1-2-26-24(30)25(17-19-8-3-4-10-21(19)22-11-7-15-31-22)12-14-28(18-25)23(29)16-20-9-5-6-13-27-20/h3-11,13,15H,2,12,14,16-18H2,1H3,(H,26,30)/t25-/m1/s1. The summed E-state index contributed by atoms with van der Waals surface area (Å²) in [6, 6.07) is 18.0. The highest BCUT2D eigenvalue weighted by molar-refractivity contribution is 7.13. The maximum atomic E-state index is 13.2. The van der Waals surface area contributed by atoms with Crippen LogP contribution in [0.15, 0.2) is 66.2 Å². The van der Waals surface area contributed by atoms with Crippen molar-refractivity contribution < 1.29 is 9.59 Å². The van der Waals surface area contributed by atoms with Crippen LogP contribution in [0.2, 0.25) is 0 Å². The molecule has 2 aromatic heterocycles. The van der Waals surface area contributed by atoms with Crippen LogP contribution >= 0.6 is 11.3 Å². The Morgan fingerprint density at radius 1 is 1.13 bits per heavy atom. The Kier molecular flexibility index (Phi) is 6.47. The lowest BCUT2D eigenvalue weighted by Gasteiger charge is -2.29. The molecule has 0 saturated carbocycles. The molecule has 1 aliphatic rings. The van der Waals surface area contributed by atoms with Gasteiger partial charge in [-0.1, -0.05) is 36.4 Å². The zero-order valence-corrected chi connectivity index (χ0v) is 18.5. The molecule has 0 aliphatic carbocycles. The number of hydrogen-bond donors (Lipinski definition) is 1. The second-order valence-corrected chi connectivity index (χ2v) is 8.96. The Morgan fingerprint density at radius 2 is 1.97 bits per heavy atom. The molecule has 5 nitrogen and oxygen atoms in total. The average Bonchev–Trinajstić information content (AvgIpc) is 3.46. The smallest absolute Gasteiger partial charge is 0.228 e. The summed E-state index contributed by atoms with van der Waals surface area (Å²) in [5.41, 5.74) is 2.45. The van der Waals surface area contributed by atoms with Gasteiger partial charge < -0.3 is 10.2 Å². The second kappa shape index (κ2) is 9.43. The van der Waals surface area contributed by atoms with E-state index in [1.54, 1.807) is 17.5 Å². The van der Waals surface area contributed by atoms with Crippen molar-refractivity contribution in [1.29, 1.82) is 0 Å². The van der Waals surface area contributed by atoms with Crippen LogP contribution in [0.4, 0.5) is 0 Å². The van der Waals surface area contributed by atoms with Crippen LogP contribution in [-0.4, -0.2) is 41.3 Å². The molecule has 31 heavy (non-hydrogen) atoms. The molecule has 0 radical (unpaired) electrons. The van der Waals surface area contributed by atoms with Crippen molar-refractivity contribution >= 4 is 23.2 Å². The minimum atomic E-state index is -0.622. The number of carbonyl (C=O) groups is 2. The third-order valence-corrected chi connectivity index (χ3v) is 6.82. The van der Waals surface area contributed by atoms with E-state index in [0.29, 0.717) is 32.5 Å². The zero-order valence-electron chi connectivity index (χ0n) is 17.7. The third kappa shape index (κ3) is 4.69. The van der Waals surface area contributed by atoms with E-state index >= 15 is 0 Å². The predicted molar refractivity (Wildman–Crippen MR) is 124 cm³/mol. The number of pyridine rings is 1. The van der Waals surface area contributed by atoms with Gasteiger partial charge in [-0.05, 0) is 54.5 Å². The number of carbonyl (C=O) groups excluding carboxylic acids is 2. The van der Waals surface area contributed by atoms with Crippen LogP contribution in [0.5, 0.6) is 0 Å². The van der Waals surface area contributed by atoms with Gasteiger partial charge in [-0.2, -0.15) is 0 Å². The van der Waals surface area contributed by atoms with Crippen molar-refractivity contribution in [2.45, 2.75) is 26.2 Å². The number of likely N-dealkylation sites (tertiary alicyclic amines) is 1. The van der Waals surface area contributed by atoms with E-state index in [-0.39, 0.29) is 18.2 Å². The van der Waals surface area contributed by atoms with Gasteiger partial charge in [0.1, 0.15) is 0 Å². The van der Waals surface area contributed by atoms with Crippen molar-refractivity contribution in [3.05, 3.63) is 77.4 Å². The largest absolute Gasteiger partial charge is 0.356 e. The summed E-state index contributed by atoms with van der Waals surface area (Å²) < 4.78 is 0. The molecule has 1 fully saturated rings. The zero-order chi connectivity index (χ0) is 21.7. The van der Waals surface area contributed by atoms with Crippen LogP contribution in [0.1, 0.15) is 24.6 Å². The van der Waals surface area contributed by atoms with Crippen LogP contribution in [0.25, 0.3) is 10.4 Å². The maximum absolute atomic E-state index is 13.2. The summed E-state index contributed by atoms with van der Waals surface area (Å²) in [4.78, 5) is 33.5. The Hall–Kier alpha value is -2.99. The molecule has 6 heteroatoms. The number of thiophene rings is 1. The quantitative estimate of drug-likeness (QED) is 0.614. The molecule has 2 amide bonds. The fourth-order valence-corrected chi connectivity index (χ4v) is 5.11. The van der Waals surface area contributed by atoms with E-state index in [2.05, 4.69) is 33.9 Å². The number of benzene rings is 1. The molecule has 1 saturated heterocycles. The molecule has 3 heterocycles. The molecule has 3 aromatic rings. The van der Waals surface area contributed by atoms with E-state index in [9.17, 15) is 9.59 Å². The van der Waals surface area contributed by atoms with Crippen LogP contribution in [0, 0.1) is 5.41 Å². The van der Waals surface area contributed by atoms with Gasteiger partial charge in [0.2, 0.25) is 11.8 Å². The fourth-order valence-electron chi connectivity index (χ4n) is 4.32. The Bertz CT molecular complexity index is 1040. The highest BCUT2D eigenvalue weighted by Gasteiger charge is 2.46. The van der Waals surface area contributed by atoms with Crippen molar-refractivity contribution in [3.63, 3.8) is 0 Å². The summed E-state index contributed by atoms with van der Waals surface area (Å²) in [7, 11) is 0. The van der Waals surface area contributed by atoms with Crippen LogP contribution in [0.3, 0.4) is 0 Å². The molecule has 160 valence electrons. The highest BCUT2D eigenvalue weighted by Crippen LogP contribution is 2.38. The SMILES string of the molecule is CCNC(=O)[C@@]1(Cc2ccccc2-c2cccs2)CCN(C(=O)Cc2ccccn2)C1. The molecule has 1 N–H and O–H groups in total. The van der Waals surface area contributed by atoms with E-state index in [1.807, 2.05) is 48.2 Å². The molecule has 0 bridgehead atoms. The van der Waals surface area contributed by atoms with Gasteiger partial charge in [0.25, 0.3) is 0 Å². The van der Waals surface area contributed by atoms with E-state index in [1.165, 1.54) is 10.4 Å². The number of rotatable bonds is 7.